The summed E-state index contributed by atoms with van der Waals surface area (Å²) in [5.74, 6) is -1.78. The maximum atomic E-state index is 13.2. The molecule has 0 amide bonds. The predicted molar refractivity (Wildman–Crippen MR) is 72.5 cm³/mol. The lowest BCUT2D eigenvalue weighted by molar-refractivity contribution is 0.344. The Bertz CT molecular complexity index is 641. The molecule has 2 aromatic rings. The van der Waals surface area contributed by atoms with Gasteiger partial charge in [0.05, 0.1) is 5.92 Å². The minimum atomic E-state index is -1.51. The number of thioether (sulfide) groups is 1. The minimum absolute atomic E-state index is 0.0491. The quantitative estimate of drug-likeness (QED) is 0.882. The van der Waals surface area contributed by atoms with Crippen LogP contribution in [0.2, 0.25) is 0 Å². The highest BCUT2D eigenvalue weighted by atomic mass is 32.2. The van der Waals surface area contributed by atoms with Crippen molar-refractivity contribution in [3.63, 3.8) is 0 Å². The summed E-state index contributed by atoms with van der Waals surface area (Å²) < 4.78 is 44.6. The largest absolute Gasteiger partial charge is 0.339 e. The molecule has 112 valence electrons. The van der Waals surface area contributed by atoms with Gasteiger partial charge in [0.1, 0.15) is 0 Å². The lowest BCUT2D eigenvalue weighted by Gasteiger charge is -2.13. The average molecular weight is 315 g/mol. The van der Waals surface area contributed by atoms with Crippen molar-refractivity contribution in [3.05, 3.63) is 35.5 Å². The van der Waals surface area contributed by atoms with Gasteiger partial charge in [0.25, 0.3) is 0 Å². The third kappa shape index (κ3) is 2.65. The van der Waals surface area contributed by atoms with E-state index < -0.39 is 17.5 Å². The molecular formula is C13H12F3N3OS. The number of hydrogen-bond acceptors (Lipinski definition) is 5. The van der Waals surface area contributed by atoms with Gasteiger partial charge in [-0.1, -0.05) is 5.16 Å². The summed E-state index contributed by atoms with van der Waals surface area (Å²) in [5.41, 5.74) is 0.0491. The van der Waals surface area contributed by atoms with Gasteiger partial charge in [-0.15, -0.1) is 0 Å². The van der Waals surface area contributed by atoms with Crippen LogP contribution >= 0.6 is 11.8 Å². The fourth-order valence-corrected chi connectivity index (χ4v) is 3.69. The normalized spacial score (nSPS) is 21.9. The second-order valence-electron chi connectivity index (χ2n) is 4.75. The molecule has 4 nitrogen and oxygen atoms in total. The Morgan fingerprint density at radius 1 is 1.24 bits per heavy atom. The molecule has 1 fully saturated rings. The summed E-state index contributed by atoms with van der Waals surface area (Å²) in [4.78, 5) is 4.19. The Morgan fingerprint density at radius 3 is 2.62 bits per heavy atom. The molecule has 1 saturated heterocycles. The van der Waals surface area contributed by atoms with E-state index in [4.69, 9.17) is 4.52 Å². The van der Waals surface area contributed by atoms with E-state index in [-0.39, 0.29) is 23.3 Å². The van der Waals surface area contributed by atoms with Crippen LogP contribution in [-0.2, 0) is 0 Å². The van der Waals surface area contributed by atoms with Crippen LogP contribution in [0.1, 0.15) is 11.8 Å². The maximum Gasteiger partial charge on any atom is 0.232 e. The smallest absolute Gasteiger partial charge is 0.232 e. The molecule has 2 heterocycles. The standard InChI is InChI=1S/C13H12F3N3OS/c1-17-10-5-21-4-7(10)13-18-12(19-20-13)6-2-8(14)11(16)9(15)3-6/h2-3,7,10,17H,4-5H2,1H3. The van der Waals surface area contributed by atoms with E-state index in [1.807, 2.05) is 7.05 Å². The second kappa shape index (κ2) is 5.69. The Hall–Kier alpha value is -1.54. The Labute approximate surface area is 123 Å². The van der Waals surface area contributed by atoms with Crippen LogP contribution in [0.25, 0.3) is 11.4 Å². The molecule has 0 bridgehead atoms. The first-order valence-electron chi connectivity index (χ1n) is 6.33. The van der Waals surface area contributed by atoms with Crippen molar-refractivity contribution in [2.45, 2.75) is 12.0 Å². The van der Waals surface area contributed by atoms with Gasteiger partial charge in [-0.2, -0.15) is 16.7 Å². The lowest BCUT2D eigenvalue weighted by atomic mass is 10.0. The van der Waals surface area contributed by atoms with E-state index >= 15 is 0 Å². The number of nitrogens with zero attached hydrogens (tertiary/aromatic N) is 2. The summed E-state index contributed by atoms with van der Waals surface area (Å²) in [7, 11) is 1.85. The topological polar surface area (TPSA) is 51.0 Å². The van der Waals surface area contributed by atoms with Crippen LogP contribution in [0.15, 0.2) is 16.7 Å². The molecule has 3 rings (SSSR count). The van der Waals surface area contributed by atoms with Crippen LogP contribution < -0.4 is 5.32 Å². The fourth-order valence-electron chi connectivity index (χ4n) is 2.27. The van der Waals surface area contributed by atoms with E-state index in [0.717, 1.165) is 23.6 Å². The maximum absolute atomic E-state index is 13.2. The third-order valence-electron chi connectivity index (χ3n) is 3.45. The third-order valence-corrected chi connectivity index (χ3v) is 4.64. The fraction of sp³-hybridized carbons (Fsp3) is 0.385. The van der Waals surface area contributed by atoms with E-state index in [0.29, 0.717) is 5.89 Å². The molecule has 0 aliphatic carbocycles. The van der Waals surface area contributed by atoms with E-state index in [2.05, 4.69) is 15.5 Å². The molecule has 0 saturated carbocycles. The Kier molecular flexibility index (Phi) is 3.90. The number of halogens is 3. The number of hydrogen-bond donors (Lipinski definition) is 1. The molecular weight excluding hydrogens is 303 g/mol. The first-order valence-corrected chi connectivity index (χ1v) is 7.49. The Morgan fingerprint density at radius 2 is 1.95 bits per heavy atom. The van der Waals surface area contributed by atoms with Crippen molar-refractivity contribution in [2.75, 3.05) is 18.6 Å². The van der Waals surface area contributed by atoms with Crippen molar-refractivity contribution in [1.82, 2.24) is 15.5 Å². The number of likely N-dealkylation sites (N-methyl/N-ethyl adjacent to an activating group) is 1. The van der Waals surface area contributed by atoms with Gasteiger partial charge < -0.3 is 9.84 Å². The number of aromatic nitrogens is 2. The van der Waals surface area contributed by atoms with Crippen LogP contribution in [0, 0.1) is 17.5 Å². The summed E-state index contributed by atoms with van der Waals surface area (Å²) in [5, 5.41) is 6.90. The highest BCUT2D eigenvalue weighted by Gasteiger charge is 2.32. The molecule has 1 aliphatic heterocycles. The van der Waals surface area contributed by atoms with Crippen LogP contribution in [0.4, 0.5) is 13.2 Å². The van der Waals surface area contributed by atoms with Gasteiger partial charge in [-0.3, -0.25) is 0 Å². The second-order valence-corrected chi connectivity index (χ2v) is 5.82. The monoisotopic (exact) mass is 315 g/mol. The summed E-state index contributed by atoms with van der Waals surface area (Å²) in [6.07, 6.45) is 0. The van der Waals surface area contributed by atoms with Crippen molar-refractivity contribution in [2.24, 2.45) is 0 Å². The zero-order chi connectivity index (χ0) is 15.0. The minimum Gasteiger partial charge on any atom is -0.339 e. The van der Waals surface area contributed by atoms with Gasteiger partial charge in [0.2, 0.25) is 11.7 Å². The molecule has 0 spiro atoms. The zero-order valence-corrected chi connectivity index (χ0v) is 11.9. The summed E-state index contributed by atoms with van der Waals surface area (Å²) in [6, 6.07) is 1.92. The van der Waals surface area contributed by atoms with Crippen LogP contribution in [0.3, 0.4) is 0 Å². The van der Waals surface area contributed by atoms with E-state index in [1.54, 1.807) is 11.8 Å². The van der Waals surface area contributed by atoms with Crippen molar-refractivity contribution in [3.8, 4) is 11.4 Å². The number of benzene rings is 1. The van der Waals surface area contributed by atoms with Crippen molar-refractivity contribution < 1.29 is 17.7 Å². The number of rotatable bonds is 3. The summed E-state index contributed by atoms with van der Waals surface area (Å²) >= 11 is 1.76. The molecule has 2 atom stereocenters. The van der Waals surface area contributed by atoms with Crippen LogP contribution in [-0.4, -0.2) is 34.7 Å². The molecule has 2 unspecified atom stereocenters. The predicted octanol–water partition coefficient (Wildman–Crippen LogP) is 2.57. The van der Waals surface area contributed by atoms with Gasteiger partial charge in [0.15, 0.2) is 17.5 Å². The SMILES string of the molecule is CNC1CSCC1c1nc(-c2cc(F)c(F)c(F)c2)no1. The first-order chi connectivity index (χ1) is 10.1. The molecule has 1 aromatic heterocycles. The van der Waals surface area contributed by atoms with Gasteiger partial charge >= 0.3 is 0 Å². The van der Waals surface area contributed by atoms with Gasteiger partial charge in [-0.05, 0) is 19.2 Å². The molecule has 1 aromatic carbocycles. The molecule has 0 radical (unpaired) electrons. The lowest BCUT2D eigenvalue weighted by Crippen LogP contribution is -2.31. The van der Waals surface area contributed by atoms with E-state index in [1.165, 1.54) is 0 Å². The van der Waals surface area contributed by atoms with E-state index in [9.17, 15) is 13.2 Å². The number of nitrogens with one attached hydrogen (secondary N) is 1. The first kappa shape index (κ1) is 14.4. The molecule has 8 heteroatoms. The van der Waals surface area contributed by atoms with Gasteiger partial charge in [0, 0.05) is 23.1 Å². The highest BCUT2D eigenvalue weighted by Crippen LogP contribution is 2.33. The zero-order valence-electron chi connectivity index (χ0n) is 11.1. The highest BCUT2D eigenvalue weighted by molar-refractivity contribution is 7.99. The van der Waals surface area contributed by atoms with Crippen LogP contribution in [0.5, 0.6) is 0 Å². The molecule has 1 N–H and O–H groups in total. The van der Waals surface area contributed by atoms with Gasteiger partial charge in [-0.25, -0.2) is 13.2 Å². The molecule has 21 heavy (non-hydrogen) atoms. The Balaban J connectivity index is 1.91. The van der Waals surface area contributed by atoms with Crippen molar-refractivity contribution in [1.29, 1.82) is 0 Å². The average Bonchev–Trinajstić information content (AvgIpc) is 3.11. The van der Waals surface area contributed by atoms with Crippen molar-refractivity contribution >= 4 is 11.8 Å². The molecule has 1 aliphatic rings. The summed E-state index contributed by atoms with van der Waals surface area (Å²) in [6.45, 7) is 0.